The Kier molecular flexibility index (Phi) is 6.03. The molecule has 0 bridgehead atoms. The molecule has 146 valence electrons. The van der Waals surface area contributed by atoms with Crippen LogP contribution < -0.4 is 9.62 Å². The minimum absolute atomic E-state index is 0.0921. The Morgan fingerprint density at radius 3 is 2.19 bits per heavy atom. The summed E-state index contributed by atoms with van der Waals surface area (Å²) in [4.78, 5) is 3.51. The fourth-order valence-electron chi connectivity index (χ4n) is 2.98. The Morgan fingerprint density at radius 2 is 1.52 bits per heavy atom. The molecule has 0 aliphatic carbocycles. The van der Waals surface area contributed by atoms with Gasteiger partial charge in [0, 0.05) is 45.0 Å². The van der Waals surface area contributed by atoms with Crippen molar-refractivity contribution in [1.29, 1.82) is 0 Å². The molecular weight excluding hydrogens is 379 g/mol. The third kappa shape index (κ3) is 5.00. The first-order chi connectivity index (χ1) is 12.8. The molecule has 0 aromatic heterocycles. The molecule has 27 heavy (non-hydrogen) atoms. The van der Waals surface area contributed by atoms with E-state index in [1.807, 2.05) is 0 Å². The molecule has 0 unspecified atom stereocenters. The smallest absolute Gasteiger partial charge is 0.243 e. The second-order valence-corrected chi connectivity index (χ2v) is 8.01. The predicted molar refractivity (Wildman–Crippen MR) is 96.6 cm³/mol. The van der Waals surface area contributed by atoms with Crippen molar-refractivity contribution >= 4 is 15.7 Å². The summed E-state index contributed by atoms with van der Waals surface area (Å²) in [6.07, 6.45) is 0. The molecular formula is C18H20F3N3O2S. The number of benzene rings is 2. The zero-order valence-electron chi connectivity index (χ0n) is 14.5. The molecule has 0 saturated carbocycles. The van der Waals surface area contributed by atoms with E-state index in [4.69, 9.17) is 0 Å². The molecule has 1 N–H and O–H groups in total. The van der Waals surface area contributed by atoms with E-state index in [1.165, 1.54) is 12.1 Å². The first kappa shape index (κ1) is 19.7. The van der Waals surface area contributed by atoms with Gasteiger partial charge in [-0.3, -0.25) is 4.90 Å². The lowest BCUT2D eigenvalue weighted by molar-refractivity contribution is 0.262. The van der Waals surface area contributed by atoms with Crippen LogP contribution >= 0.6 is 0 Å². The number of piperazine rings is 1. The average Bonchev–Trinajstić information content (AvgIpc) is 2.65. The number of hydrogen-bond acceptors (Lipinski definition) is 4. The highest BCUT2D eigenvalue weighted by molar-refractivity contribution is 7.89. The zero-order chi connectivity index (χ0) is 19.4. The molecule has 0 spiro atoms. The van der Waals surface area contributed by atoms with Gasteiger partial charge in [0.15, 0.2) is 0 Å². The molecule has 0 atom stereocenters. The van der Waals surface area contributed by atoms with Gasteiger partial charge in [0.25, 0.3) is 0 Å². The van der Waals surface area contributed by atoms with Gasteiger partial charge < -0.3 is 4.90 Å². The van der Waals surface area contributed by atoms with Crippen LogP contribution in [0.2, 0.25) is 0 Å². The summed E-state index contributed by atoms with van der Waals surface area (Å²) in [5, 5.41) is 0. The largest absolute Gasteiger partial charge is 0.369 e. The first-order valence-electron chi connectivity index (χ1n) is 8.53. The second kappa shape index (κ2) is 8.28. The summed E-state index contributed by atoms with van der Waals surface area (Å²) in [5.74, 6) is -2.08. The number of nitrogens with zero attached hydrogens (tertiary/aromatic N) is 2. The van der Waals surface area contributed by atoms with E-state index in [0.29, 0.717) is 25.7 Å². The Labute approximate surface area is 156 Å². The lowest BCUT2D eigenvalue weighted by atomic mass is 10.2. The van der Waals surface area contributed by atoms with Crippen LogP contribution in [-0.4, -0.2) is 52.6 Å². The van der Waals surface area contributed by atoms with Crippen LogP contribution in [0.15, 0.2) is 47.4 Å². The SMILES string of the molecule is O=S(=O)(NCCN1CCN(c2ccc(F)cc2)CC1)c1cc(F)ccc1F. The molecule has 9 heteroatoms. The predicted octanol–water partition coefficient (Wildman–Crippen LogP) is 2.20. The summed E-state index contributed by atoms with van der Waals surface area (Å²) in [6.45, 7) is 3.44. The molecule has 1 fully saturated rings. The topological polar surface area (TPSA) is 52.7 Å². The van der Waals surface area contributed by atoms with Crippen molar-refractivity contribution in [3.05, 3.63) is 59.9 Å². The highest BCUT2D eigenvalue weighted by atomic mass is 32.2. The first-order valence-corrected chi connectivity index (χ1v) is 10.0. The maximum absolute atomic E-state index is 13.7. The van der Waals surface area contributed by atoms with Gasteiger partial charge in [-0.25, -0.2) is 26.3 Å². The van der Waals surface area contributed by atoms with Gasteiger partial charge in [-0.05, 0) is 42.5 Å². The van der Waals surface area contributed by atoms with Crippen LogP contribution in [-0.2, 0) is 10.0 Å². The van der Waals surface area contributed by atoms with Crippen molar-refractivity contribution in [2.75, 3.05) is 44.2 Å². The monoisotopic (exact) mass is 399 g/mol. The van der Waals surface area contributed by atoms with Gasteiger partial charge in [0.05, 0.1) is 0 Å². The van der Waals surface area contributed by atoms with Gasteiger partial charge in [-0.1, -0.05) is 0 Å². The van der Waals surface area contributed by atoms with Crippen molar-refractivity contribution in [2.24, 2.45) is 0 Å². The van der Waals surface area contributed by atoms with Gasteiger partial charge in [-0.2, -0.15) is 0 Å². The second-order valence-electron chi connectivity index (χ2n) is 6.28. The summed E-state index contributed by atoms with van der Waals surface area (Å²) in [7, 11) is -4.11. The quantitative estimate of drug-likeness (QED) is 0.809. The van der Waals surface area contributed by atoms with Crippen molar-refractivity contribution in [2.45, 2.75) is 4.90 Å². The van der Waals surface area contributed by atoms with Crippen LogP contribution in [0.3, 0.4) is 0 Å². The summed E-state index contributed by atoms with van der Waals surface area (Å²) in [5.41, 5.74) is 0.943. The van der Waals surface area contributed by atoms with E-state index in [1.54, 1.807) is 12.1 Å². The van der Waals surface area contributed by atoms with E-state index < -0.39 is 26.6 Å². The molecule has 0 amide bonds. The normalized spacial score (nSPS) is 15.9. The fraction of sp³-hybridized carbons (Fsp3) is 0.333. The Bertz CT molecular complexity index is 883. The molecule has 1 heterocycles. The zero-order valence-corrected chi connectivity index (χ0v) is 15.4. The molecule has 1 saturated heterocycles. The van der Waals surface area contributed by atoms with Gasteiger partial charge in [0.1, 0.15) is 22.3 Å². The van der Waals surface area contributed by atoms with Crippen molar-refractivity contribution in [3.63, 3.8) is 0 Å². The maximum Gasteiger partial charge on any atom is 0.243 e. The highest BCUT2D eigenvalue weighted by Gasteiger charge is 2.21. The van der Waals surface area contributed by atoms with Crippen molar-refractivity contribution in [1.82, 2.24) is 9.62 Å². The van der Waals surface area contributed by atoms with Crippen LogP contribution in [0, 0.1) is 17.5 Å². The van der Waals surface area contributed by atoms with Gasteiger partial charge in [-0.15, -0.1) is 0 Å². The Balaban J connectivity index is 1.49. The van der Waals surface area contributed by atoms with Crippen LogP contribution in [0.1, 0.15) is 0 Å². The molecule has 2 aromatic carbocycles. The van der Waals surface area contributed by atoms with E-state index in [-0.39, 0.29) is 12.4 Å². The molecule has 3 rings (SSSR count). The lowest BCUT2D eigenvalue weighted by Gasteiger charge is -2.36. The fourth-order valence-corrected chi connectivity index (χ4v) is 4.09. The number of anilines is 1. The summed E-state index contributed by atoms with van der Waals surface area (Å²) >= 11 is 0. The van der Waals surface area contributed by atoms with Crippen molar-refractivity contribution in [3.8, 4) is 0 Å². The minimum Gasteiger partial charge on any atom is -0.369 e. The maximum atomic E-state index is 13.7. The van der Waals surface area contributed by atoms with Crippen LogP contribution in [0.4, 0.5) is 18.9 Å². The average molecular weight is 399 g/mol. The molecule has 1 aliphatic heterocycles. The van der Waals surface area contributed by atoms with Gasteiger partial charge >= 0.3 is 0 Å². The number of sulfonamides is 1. The number of nitrogens with one attached hydrogen (secondary N) is 1. The van der Waals surface area contributed by atoms with Gasteiger partial charge in [0.2, 0.25) is 10.0 Å². The molecule has 0 radical (unpaired) electrons. The van der Waals surface area contributed by atoms with E-state index >= 15 is 0 Å². The van der Waals surface area contributed by atoms with Crippen LogP contribution in [0.5, 0.6) is 0 Å². The Morgan fingerprint density at radius 1 is 0.889 bits per heavy atom. The molecule has 2 aromatic rings. The number of halogens is 3. The molecule has 1 aliphatic rings. The molecule has 5 nitrogen and oxygen atoms in total. The minimum atomic E-state index is -4.11. The van der Waals surface area contributed by atoms with E-state index in [9.17, 15) is 21.6 Å². The summed E-state index contributed by atoms with van der Waals surface area (Å²) in [6, 6.07) is 8.62. The summed E-state index contributed by atoms with van der Waals surface area (Å²) < 4.78 is 66.4. The number of hydrogen-bond donors (Lipinski definition) is 1. The lowest BCUT2D eigenvalue weighted by Crippen LogP contribution is -2.48. The highest BCUT2D eigenvalue weighted by Crippen LogP contribution is 2.17. The number of rotatable bonds is 6. The third-order valence-corrected chi connectivity index (χ3v) is 5.94. The van der Waals surface area contributed by atoms with Crippen molar-refractivity contribution < 1.29 is 21.6 Å². The van der Waals surface area contributed by atoms with E-state index in [2.05, 4.69) is 14.5 Å². The van der Waals surface area contributed by atoms with E-state index in [0.717, 1.165) is 30.9 Å². The third-order valence-electron chi connectivity index (χ3n) is 4.47. The standard InChI is InChI=1S/C18H20F3N3O2S/c19-14-1-4-16(5-2-14)24-11-9-23(10-12-24)8-7-22-27(25,26)18-13-15(20)3-6-17(18)21/h1-6,13,22H,7-12H2. The van der Waals surface area contributed by atoms with Crippen LogP contribution in [0.25, 0.3) is 0 Å². The Hall–Kier alpha value is -2.10.